The molecule has 0 saturated heterocycles. The molecule has 0 spiro atoms. The lowest BCUT2D eigenvalue weighted by Gasteiger charge is -2.34. The van der Waals surface area contributed by atoms with E-state index in [2.05, 4.69) is 15.6 Å². The van der Waals surface area contributed by atoms with E-state index in [9.17, 15) is 14.4 Å². The Kier molecular flexibility index (Phi) is 8.59. The molecule has 2 heterocycles. The van der Waals surface area contributed by atoms with Crippen molar-refractivity contribution in [3.8, 4) is 5.75 Å². The molecular formula is C26H30N4O4S. The van der Waals surface area contributed by atoms with Crippen molar-refractivity contribution in [1.82, 2.24) is 15.6 Å². The average molecular weight is 495 g/mol. The number of amides is 3. The van der Waals surface area contributed by atoms with Crippen LogP contribution in [0.3, 0.4) is 0 Å². The highest BCUT2D eigenvalue weighted by Crippen LogP contribution is 2.30. The summed E-state index contributed by atoms with van der Waals surface area (Å²) in [5, 5.41) is 7.51. The summed E-state index contributed by atoms with van der Waals surface area (Å²) in [7, 11) is 1.54. The first-order valence-corrected chi connectivity index (χ1v) is 12.1. The third-order valence-electron chi connectivity index (χ3n) is 5.60. The lowest BCUT2D eigenvalue weighted by atomic mass is 9.98. The number of thiophene rings is 1. The molecule has 3 aromatic rings. The summed E-state index contributed by atoms with van der Waals surface area (Å²) in [6.07, 6.45) is 3.80. The predicted molar refractivity (Wildman–Crippen MR) is 137 cm³/mol. The van der Waals surface area contributed by atoms with Crippen LogP contribution in [0.15, 0.2) is 66.3 Å². The average Bonchev–Trinajstić information content (AvgIpc) is 3.41. The Morgan fingerprint density at radius 1 is 1.14 bits per heavy atom. The van der Waals surface area contributed by atoms with Gasteiger partial charge in [0.1, 0.15) is 11.8 Å². The van der Waals surface area contributed by atoms with Crippen LogP contribution in [0.2, 0.25) is 0 Å². The lowest BCUT2D eigenvalue weighted by molar-refractivity contribution is -0.127. The molecule has 184 valence electrons. The van der Waals surface area contributed by atoms with Crippen molar-refractivity contribution in [1.29, 1.82) is 0 Å². The first-order chi connectivity index (χ1) is 16.8. The maximum absolute atomic E-state index is 13.7. The first-order valence-electron chi connectivity index (χ1n) is 11.3. The van der Waals surface area contributed by atoms with E-state index in [4.69, 9.17) is 4.74 Å². The standard InChI is InChI=1S/C26H30N4O4S/c1-5-26(2,3)29-25(33)23(18-9-6-11-20(15-18)34-4)30(19-10-7-13-27-16-19)22(31)17-28-24(32)21-12-8-14-35-21/h6-16,23H,5,17H2,1-4H3,(H,28,32)(H,29,33)/t23-/m0/s1. The van der Waals surface area contributed by atoms with E-state index in [0.29, 0.717) is 28.3 Å². The highest BCUT2D eigenvalue weighted by molar-refractivity contribution is 7.12. The highest BCUT2D eigenvalue weighted by Gasteiger charge is 2.35. The molecule has 1 aromatic carbocycles. The summed E-state index contributed by atoms with van der Waals surface area (Å²) < 4.78 is 5.37. The Balaban J connectivity index is 2.02. The van der Waals surface area contributed by atoms with Crippen LogP contribution in [-0.4, -0.2) is 41.9 Å². The SMILES string of the molecule is CCC(C)(C)NC(=O)[C@H](c1cccc(OC)c1)N(C(=O)CNC(=O)c1cccs1)c1cccnc1. The number of hydrogen-bond acceptors (Lipinski definition) is 6. The molecule has 8 nitrogen and oxygen atoms in total. The van der Waals surface area contributed by atoms with Crippen LogP contribution in [0.4, 0.5) is 5.69 Å². The molecule has 9 heteroatoms. The summed E-state index contributed by atoms with van der Waals surface area (Å²) in [6.45, 7) is 5.53. The molecule has 0 bridgehead atoms. The number of carbonyl (C=O) groups excluding carboxylic acids is 3. The minimum atomic E-state index is -1.02. The van der Waals surface area contributed by atoms with Crippen molar-refractivity contribution in [3.05, 3.63) is 76.7 Å². The van der Waals surface area contributed by atoms with E-state index in [1.165, 1.54) is 22.4 Å². The largest absolute Gasteiger partial charge is 0.497 e. The summed E-state index contributed by atoms with van der Waals surface area (Å²) in [4.78, 5) is 45.8. The first kappa shape index (κ1) is 25.9. The third-order valence-corrected chi connectivity index (χ3v) is 6.47. The van der Waals surface area contributed by atoms with Crippen molar-refractivity contribution < 1.29 is 19.1 Å². The number of anilines is 1. The molecule has 3 amide bonds. The van der Waals surface area contributed by atoms with Gasteiger partial charge in [-0.05, 0) is 61.5 Å². The maximum Gasteiger partial charge on any atom is 0.261 e. The number of ether oxygens (including phenoxy) is 1. The number of carbonyl (C=O) groups is 3. The molecule has 1 atom stereocenters. The van der Waals surface area contributed by atoms with Crippen LogP contribution >= 0.6 is 11.3 Å². The van der Waals surface area contributed by atoms with Crippen LogP contribution in [0, 0.1) is 0 Å². The molecule has 2 N–H and O–H groups in total. The number of benzene rings is 1. The van der Waals surface area contributed by atoms with Gasteiger partial charge in [0.15, 0.2) is 0 Å². The second-order valence-electron chi connectivity index (χ2n) is 8.54. The fourth-order valence-electron chi connectivity index (χ4n) is 3.39. The molecule has 0 saturated carbocycles. The van der Waals surface area contributed by atoms with Crippen molar-refractivity contribution in [2.75, 3.05) is 18.6 Å². The normalized spacial score (nSPS) is 11.9. The number of methoxy groups -OCH3 is 1. The lowest BCUT2D eigenvalue weighted by Crippen LogP contribution is -2.52. The number of nitrogens with one attached hydrogen (secondary N) is 2. The van der Waals surface area contributed by atoms with Crippen LogP contribution in [0.1, 0.15) is 48.5 Å². The minimum absolute atomic E-state index is 0.295. The van der Waals surface area contributed by atoms with Gasteiger partial charge < -0.3 is 15.4 Å². The van der Waals surface area contributed by atoms with E-state index in [1.807, 2.05) is 20.8 Å². The number of rotatable bonds is 10. The molecule has 0 aliphatic rings. The topological polar surface area (TPSA) is 101 Å². The van der Waals surface area contributed by atoms with Crippen LogP contribution in [-0.2, 0) is 9.59 Å². The van der Waals surface area contributed by atoms with Gasteiger partial charge in [-0.15, -0.1) is 11.3 Å². The molecular weight excluding hydrogens is 464 g/mol. The van der Waals surface area contributed by atoms with Gasteiger partial charge in [0.25, 0.3) is 5.91 Å². The summed E-state index contributed by atoms with van der Waals surface area (Å²) in [5.74, 6) is -0.610. The second-order valence-corrected chi connectivity index (χ2v) is 9.49. The fraction of sp³-hybridized carbons (Fsp3) is 0.308. The van der Waals surface area contributed by atoms with Crippen LogP contribution < -0.4 is 20.3 Å². The van der Waals surface area contributed by atoms with Gasteiger partial charge in [-0.2, -0.15) is 0 Å². The van der Waals surface area contributed by atoms with Gasteiger partial charge in [-0.1, -0.05) is 25.1 Å². The number of pyridine rings is 1. The van der Waals surface area contributed by atoms with E-state index < -0.39 is 17.5 Å². The monoisotopic (exact) mass is 494 g/mol. The van der Waals surface area contributed by atoms with Gasteiger partial charge in [0.05, 0.1) is 30.4 Å². The highest BCUT2D eigenvalue weighted by atomic mass is 32.1. The molecule has 0 unspecified atom stereocenters. The maximum atomic E-state index is 13.7. The summed E-state index contributed by atoms with van der Waals surface area (Å²) in [6, 6.07) is 12.9. The van der Waals surface area contributed by atoms with Gasteiger partial charge >= 0.3 is 0 Å². The zero-order valence-electron chi connectivity index (χ0n) is 20.3. The Hall–Kier alpha value is -3.72. The van der Waals surface area contributed by atoms with Crippen molar-refractivity contribution in [3.63, 3.8) is 0 Å². The Labute approximate surface area is 209 Å². The molecule has 0 aliphatic heterocycles. The molecule has 2 aromatic heterocycles. The van der Waals surface area contributed by atoms with Crippen molar-refractivity contribution in [2.24, 2.45) is 0 Å². The number of aromatic nitrogens is 1. The van der Waals surface area contributed by atoms with Gasteiger partial charge in [0.2, 0.25) is 11.8 Å². The predicted octanol–water partition coefficient (Wildman–Crippen LogP) is 3.96. The smallest absolute Gasteiger partial charge is 0.261 e. The second kappa shape index (κ2) is 11.6. The van der Waals surface area contributed by atoms with E-state index >= 15 is 0 Å². The van der Waals surface area contributed by atoms with Crippen LogP contribution in [0.25, 0.3) is 0 Å². The third kappa shape index (κ3) is 6.66. The molecule has 35 heavy (non-hydrogen) atoms. The van der Waals surface area contributed by atoms with Gasteiger partial charge in [-0.3, -0.25) is 24.3 Å². The molecule has 0 radical (unpaired) electrons. The van der Waals surface area contributed by atoms with Gasteiger partial charge in [-0.25, -0.2) is 0 Å². The summed E-state index contributed by atoms with van der Waals surface area (Å²) >= 11 is 1.28. The molecule has 0 aliphatic carbocycles. The number of nitrogens with zero attached hydrogens (tertiary/aromatic N) is 2. The summed E-state index contributed by atoms with van der Waals surface area (Å²) in [5.41, 5.74) is 0.501. The van der Waals surface area contributed by atoms with E-state index in [0.717, 1.165) is 0 Å². The van der Waals surface area contributed by atoms with Gasteiger partial charge in [0, 0.05) is 11.7 Å². The van der Waals surface area contributed by atoms with Crippen molar-refractivity contribution >= 4 is 34.7 Å². The molecule has 0 fully saturated rings. The van der Waals surface area contributed by atoms with Crippen molar-refractivity contribution in [2.45, 2.75) is 38.8 Å². The Bertz CT molecular complexity index is 1150. The van der Waals surface area contributed by atoms with E-state index in [1.54, 1.807) is 67.2 Å². The quantitative estimate of drug-likeness (QED) is 0.444. The van der Waals surface area contributed by atoms with Crippen LogP contribution in [0.5, 0.6) is 5.75 Å². The fourth-order valence-corrected chi connectivity index (χ4v) is 4.03. The van der Waals surface area contributed by atoms with E-state index in [-0.39, 0.29) is 18.4 Å². The minimum Gasteiger partial charge on any atom is -0.497 e. The zero-order valence-corrected chi connectivity index (χ0v) is 21.1. The molecule has 3 rings (SSSR count). The Morgan fingerprint density at radius 3 is 2.57 bits per heavy atom. The Morgan fingerprint density at radius 2 is 1.94 bits per heavy atom. The zero-order chi connectivity index (χ0) is 25.4. The number of hydrogen-bond donors (Lipinski definition) is 2.